The Morgan fingerprint density at radius 2 is 2.10 bits per heavy atom. The second kappa shape index (κ2) is 5.71. The number of aromatic nitrogens is 1. The molecule has 21 heavy (non-hydrogen) atoms. The minimum Gasteiger partial charge on any atom is -0.497 e. The molecule has 4 nitrogen and oxygen atoms in total. The number of fused-ring (bicyclic) bond motifs is 1. The fourth-order valence-corrected chi connectivity index (χ4v) is 2.30. The van der Waals surface area contributed by atoms with Crippen molar-refractivity contribution < 1.29 is 9.53 Å². The molecular formula is C17H16N2O2. The van der Waals surface area contributed by atoms with Gasteiger partial charge < -0.3 is 15.0 Å². The van der Waals surface area contributed by atoms with Crippen LogP contribution in [-0.4, -0.2) is 18.0 Å². The van der Waals surface area contributed by atoms with E-state index < -0.39 is 0 Å². The second-order valence-corrected chi connectivity index (χ2v) is 4.86. The zero-order valence-corrected chi connectivity index (χ0v) is 11.7. The van der Waals surface area contributed by atoms with Gasteiger partial charge in [-0.05, 0) is 41.3 Å². The number of anilines is 1. The number of H-pyrrole nitrogens is 1. The molecule has 3 rings (SSSR count). The smallest absolute Gasteiger partial charge is 0.228 e. The zero-order chi connectivity index (χ0) is 14.7. The number of ether oxygens (including phenoxy) is 1. The summed E-state index contributed by atoms with van der Waals surface area (Å²) >= 11 is 0. The molecule has 0 fully saturated rings. The molecule has 2 N–H and O–H groups in total. The highest BCUT2D eigenvalue weighted by atomic mass is 16.5. The largest absolute Gasteiger partial charge is 0.497 e. The highest BCUT2D eigenvalue weighted by Gasteiger charge is 2.06. The normalized spacial score (nSPS) is 10.5. The van der Waals surface area contributed by atoms with E-state index in [0.717, 1.165) is 27.9 Å². The third-order valence-electron chi connectivity index (χ3n) is 3.34. The first kappa shape index (κ1) is 13.2. The molecule has 4 heteroatoms. The summed E-state index contributed by atoms with van der Waals surface area (Å²) in [6.45, 7) is 0. The fourth-order valence-electron chi connectivity index (χ4n) is 2.30. The van der Waals surface area contributed by atoms with Crippen molar-refractivity contribution in [2.75, 3.05) is 12.4 Å². The quantitative estimate of drug-likeness (QED) is 0.770. The summed E-state index contributed by atoms with van der Waals surface area (Å²) < 4.78 is 5.14. The van der Waals surface area contributed by atoms with Crippen LogP contribution in [0.15, 0.2) is 54.7 Å². The van der Waals surface area contributed by atoms with E-state index in [1.165, 1.54) is 0 Å². The van der Waals surface area contributed by atoms with Gasteiger partial charge in [-0.25, -0.2) is 0 Å². The van der Waals surface area contributed by atoms with Gasteiger partial charge >= 0.3 is 0 Å². The van der Waals surface area contributed by atoms with Gasteiger partial charge in [-0.2, -0.15) is 0 Å². The Bertz CT molecular complexity index is 777. The number of aromatic amines is 1. The number of amides is 1. The van der Waals surface area contributed by atoms with E-state index in [4.69, 9.17) is 4.74 Å². The van der Waals surface area contributed by atoms with Crippen LogP contribution in [0.5, 0.6) is 5.75 Å². The van der Waals surface area contributed by atoms with Gasteiger partial charge in [0.2, 0.25) is 5.91 Å². The van der Waals surface area contributed by atoms with Gasteiger partial charge in [0.25, 0.3) is 0 Å². The molecule has 0 aliphatic carbocycles. The third-order valence-corrected chi connectivity index (χ3v) is 3.34. The number of methoxy groups -OCH3 is 1. The van der Waals surface area contributed by atoms with Crippen molar-refractivity contribution in [3.63, 3.8) is 0 Å². The second-order valence-electron chi connectivity index (χ2n) is 4.86. The Hall–Kier alpha value is -2.75. The average Bonchev–Trinajstić information content (AvgIpc) is 2.95. The van der Waals surface area contributed by atoms with E-state index in [1.807, 2.05) is 48.7 Å². The van der Waals surface area contributed by atoms with E-state index >= 15 is 0 Å². The molecule has 0 spiro atoms. The van der Waals surface area contributed by atoms with Crippen LogP contribution in [0, 0.1) is 0 Å². The summed E-state index contributed by atoms with van der Waals surface area (Å²) in [5.41, 5.74) is 2.80. The molecule has 3 aromatic rings. The summed E-state index contributed by atoms with van der Waals surface area (Å²) in [6, 6.07) is 15.3. The Morgan fingerprint density at radius 1 is 1.19 bits per heavy atom. The predicted octanol–water partition coefficient (Wildman–Crippen LogP) is 3.36. The van der Waals surface area contributed by atoms with Gasteiger partial charge in [0.1, 0.15) is 5.75 Å². The first-order valence-corrected chi connectivity index (χ1v) is 6.74. The summed E-state index contributed by atoms with van der Waals surface area (Å²) in [7, 11) is 1.60. The molecule has 0 aliphatic rings. The zero-order valence-electron chi connectivity index (χ0n) is 11.7. The van der Waals surface area contributed by atoms with E-state index in [2.05, 4.69) is 10.3 Å². The van der Waals surface area contributed by atoms with E-state index in [0.29, 0.717) is 6.42 Å². The number of carbonyl (C=O) groups is 1. The molecule has 0 atom stereocenters. The first-order chi connectivity index (χ1) is 10.2. The van der Waals surface area contributed by atoms with Crippen molar-refractivity contribution in [2.45, 2.75) is 6.42 Å². The highest BCUT2D eigenvalue weighted by Crippen LogP contribution is 2.18. The van der Waals surface area contributed by atoms with Gasteiger partial charge in [-0.1, -0.05) is 12.1 Å². The van der Waals surface area contributed by atoms with Gasteiger partial charge in [0.05, 0.1) is 13.5 Å². The molecule has 106 valence electrons. The third kappa shape index (κ3) is 3.05. The lowest BCUT2D eigenvalue weighted by Crippen LogP contribution is -2.14. The highest BCUT2D eigenvalue weighted by molar-refractivity contribution is 5.93. The lowest BCUT2D eigenvalue weighted by atomic mass is 10.1. The van der Waals surface area contributed by atoms with Crippen molar-refractivity contribution in [1.29, 1.82) is 0 Å². The number of benzene rings is 2. The molecule has 1 amide bonds. The standard InChI is InChI=1S/C17H16N2O2/c1-21-15-4-2-3-14(11-15)19-17(20)10-12-5-6-16-13(9-12)7-8-18-16/h2-9,11,18H,10H2,1H3,(H,19,20). The van der Waals surface area contributed by atoms with Crippen molar-refractivity contribution in [3.05, 3.63) is 60.3 Å². The maximum atomic E-state index is 12.1. The number of hydrogen-bond acceptors (Lipinski definition) is 2. The minimum atomic E-state index is -0.0434. The SMILES string of the molecule is COc1cccc(NC(=O)Cc2ccc3[nH]ccc3c2)c1. The Morgan fingerprint density at radius 3 is 2.95 bits per heavy atom. The lowest BCUT2D eigenvalue weighted by Gasteiger charge is -2.07. The Balaban J connectivity index is 1.70. The Kier molecular flexibility index (Phi) is 3.60. The monoisotopic (exact) mass is 280 g/mol. The van der Waals surface area contributed by atoms with Crippen LogP contribution in [0.25, 0.3) is 10.9 Å². The maximum absolute atomic E-state index is 12.1. The van der Waals surface area contributed by atoms with Crippen LogP contribution in [0.2, 0.25) is 0 Å². The Labute approximate surface area is 122 Å². The van der Waals surface area contributed by atoms with E-state index in [-0.39, 0.29) is 5.91 Å². The molecule has 1 heterocycles. The van der Waals surface area contributed by atoms with Crippen molar-refractivity contribution in [1.82, 2.24) is 4.98 Å². The molecule has 0 aliphatic heterocycles. The molecule has 0 radical (unpaired) electrons. The first-order valence-electron chi connectivity index (χ1n) is 6.74. The average molecular weight is 280 g/mol. The molecular weight excluding hydrogens is 264 g/mol. The molecule has 0 bridgehead atoms. The molecule has 1 aromatic heterocycles. The van der Waals surface area contributed by atoms with E-state index in [9.17, 15) is 4.79 Å². The summed E-state index contributed by atoms with van der Waals surface area (Å²) in [5, 5.41) is 3.99. The van der Waals surface area contributed by atoms with Gasteiger partial charge in [-0.3, -0.25) is 4.79 Å². The van der Waals surface area contributed by atoms with Crippen molar-refractivity contribution in [2.24, 2.45) is 0 Å². The summed E-state index contributed by atoms with van der Waals surface area (Å²) in [4.78, 5) is 15.2. The predicted molar refractivity (Wildman–Crippen MR) is 83.6 cm³/mol. The number of nitrogens with one attached hydrogen (secondary N) is 2. The van der Waals surface area contributed by atoms with Gasteiger partial charge in [-0.15, -0.1) is 0 Å². The summed E-state index contributed by atoms with van der Waals surface area (Å²) in [6.07, 6.45) is 2.24. The van der Waals surface area contributed by atoms with Crippen LogP contribution >= 0.6 is 0 Å². The number of rotatable bonds is 4. The minimum absolute atomic E-state index is 0.0434. The number of hydrogen-bond donors (Lipinski definition) is 2. The van der Waals surface area contributed by atoms with Gasteiger partial charge in [0.15, 0.2) is 0 Å². The van der Waals surface area contributed by atoms with Crippen molar-refractivity contribution in [3.8, 4) is 5.75 Å². The summed E-state index contributed by atoms with van der Waals surface area (Å²) in [5.74, 6) is 0.680. The van der Waals surface area contributed by atoms with Crippen LogP contribution in [0.4, 0.5) is 5.69 Å². The topological polar surface area (TPSA) is 54.1 Å². The fraction of sp³-hybridized carbons (Fsp3) is 0.118. The van der Waals surface area contributed by atoms with Gasteiger partial charge in [0, 0.05) is 23.5 Å². The van der Waals surface area contributed by atoms with Crippen LogP contribution in [0.3, 0.4) is 0 Å². The molecule has 0 unspecified atom stereocenters. The van der Waals surface area contributed by atoms with E-state index in [1.54, 1.807) is 13.2 Å². The molecule has 0 saturated heterocycles. The maximum Gasteiger partial charge on any atom is 0.228 e. The van der Waals surface area contributed by atoms with Crippen molar-refractivity contribution >= 4 is 22.5 Å². The lowest BCUT2D eigenvalue weighted by molar-refractivity contribution is -0.115. The van der Waals surface area contributed by atoms with Crippen LogP contribution < -0.4 is 10.1 Å². The number of carbonyl (C=O) groups excluding carboxylic acids is 1. The molecule has 0 saturated carbocycles. The molecule has 2 aromatic carbocycles. The van der Waals surface area contributed by atoms with Crippen LogP contribution in [0.1, 0.15) is 5.56 Å². The van der Waals surface area contributed by atoms with Crippen LogP contribution in [-0.2, 0) is 11.2 Å².